The number of carbonyl (C=O) groups excluding carboxylic acids is 1. The lowest BCUT2D eigenvalue weighted by Crippen LogP contribution is -2.37. The Balaban J connectivity index is 1.97. The van der Waals surface area contributed by atoms with Crippen LogP contribution in [0.5, 0.6) is 5.75 Å². The van der Waals surface area contributed by atoms with E-state index in [9.17, 15) is 9.59 Å². The molecule has 1 amide bonds. The number of rotatable bonds is 6. The Bertz CT molecular complexity index is 909. The molecule has 0 aliphatic rings. The summed E-state index contributed by atoms with van der Waals surface area (Å²) in [5.74, 6) is -0.494. The van der Waals surface area contributed by atoms with Crippen molar-refractivity contribution >= 4 is 34.9 Å². The average molecular weight is 401 g/mol. The predicted molar refractivity (Wildman–Crippen MR) is 113 cm³/mol. The van der Waals surface area contributed by atoms with Crippen molar-refractivity contribution in [2.45, 2.75) is 33.6 Å². The molecule has 0 fully saturated rings. The number of anilines is 1. The molecule has 2 aromatic rings. The van der Waals surface area contributed by atoms with Crippen LogP contribution < -0.4 is 15.4 Å². The number of carboxylic acids is 1. The number of aromatic carboxylic acids is 1. The SMILES string of the molecule is Cc1ccc(C(C)C)c(OCC(=O)NC(=S)Nc2cc(C(=O)O)ccc2C)c1. The van der Waals surface area contributed by atoms with Crippen LogP contribution in [0, 0.1) is 13.8 Å². The van der Waals surface area contributed by atoms with Crippen molar-refractivity contribution in [2.75, 3.05) is 11.9 Å². The summed E-state index contributed by atoms with van der Waals surface area (Å²) in [5.41, 5.74) is 3.53. The summed E-state index contributed by atoms with van der Waals surface area (Å²) in [6.45, 7) is 7.71. The molecule has 0 bridgehead atoms. The second kappa shape index (κ2) is 9.32. The lowest BCUT2D eigenvalue weighted by molar-refractivity contribution is -0.121. The fraction of sp³-hybridized carbons (Fsp3) is 0.286. The van der Waals surface area contributed by atoms with Crippen molar-refractivity contribution in [1.82, 2.24) is 5.32 Å². The molecule has 7 heteroatoms. The van der Waals surface area contributed by atoms with Crippen LogP contribution in [-0.2, 0) is 4.79 Å². The Labute approximate surface area is 169 Å². The predicted octanol–water partition coefficient (Wildman–Crippen LogP) is 4.02. The topological polar surface area (TPSA) is 87.7 Å². The molecule has 0 atom stereocenters. The molecule has 28 heavy (non-hydrogen) atoms. The normalized spacial score (nSPS) is 10.5. The Morgan fingerprint density at radius 1 is 1.14 bits per heavy atom. The standard InChI is InChI=1S/C21H24N2O4S/c1-12(2)16-8-5-13(3)9-18(16)27-11-19(24)23-21(28)22-17-10-15(20(25)26)7-6-14(17)4/h5-10,12H,11H2,1-4H3,(H,25,26)(H2,22,23,24,28). The maximum atomic E-state index is 12.2. The van der Waals surface area contributed by atoms with Gasteiger partial charge in [0, 0.05) is 5.69 Å². The first kappa shape index (κ1) is 21.4. The molecule has 0 unspecified atom stereocenters. The number of amides is 1. The van der Waals surface area contributed by atoms with E-state index in [-0.39, 0.29) is 23.2 Å². The maximum Gasteiger partial charge on any atom is 0.335 e. The molecule has 0 radical (unpaired) electrons. The third-order valence-corrected chi connectivity index (χ3v) is 4.34. The Morgan fingerprint density at radius 2 is 1.86 bits per heavy atom. The quantitative estimate of drug-likeness (QED) is 0.635. The van der Waals surface area contributed by atoms with Gasteiger partial charge in [0.2, 0.25) is 0 Å². The van der Waals surface area contributed by atoms with Crippen LogP contribution in [0.1, 0.15) is 46.8 Å². The van der Waals surface area contributed by atoms with Gasteiger partial charge in [-0.15, -0.1) is 0 Å². The third kappa shape index (κ3) is 5.79. The Kier molecular flexibility index (Phi) is 7.12. The van der Waals surface area contributed by atoms with Gasteiger partial charge >= 0.3 is 5.97 Å². The van der Waals surface area contributed by atoms with Crippen LogP contribution in [0.15, 0.2) is 36.4 Å². The van der Waals surface area contributed by atoms with Crippen molar-refractivity contribution in [3.8, 4) is 5.75 Å². The number of nitrogens with one attached hydrogen (secondary N) is 2. The van der Waals surface area contributed by atoms with Crippen molar-refractivity contribution in [1.29, 1.82) is 0 Å². The minimum absolute atomic E-state index is 0.0764. The fourth-order valence-electron chi connectivity index (χ4n) is 2.59. The first-order valence-corrected chi connectivity index (χ1v) is 9.26. The highest BCUT2D eigenvalue weighted by atomic mass is 32.1. The van der Waals surface area contributed by atoms with Gasteiger partial charge in [0.15, 0.2) is 11.7 Å². The fourth-order valence-corrected chi connectivity index (χ4v) is 2.82. The summed E-state index contributed by atoms with van der Waals surface area (Å²) >= 11 is 5.15. The summed E-state index contributed by atoms with van der Waals surface area (Å²) in [6, 6.07) is 10.6. The van der Waals surface area contributed by atoms with Gasteiger partial charge in [-0.25, -0.2) is 4.79 Å². The van der Waals surface area contributed by atoms with Gasteiger partial charge in [0.25, 0.3) is 5.91 Å². The summed E-state index contributed by atoms with van der Waals surface area (Å²) < 4.78 is 5.69. The number of aryl methyl sites for hydroxylation is 2. The summed E-state index contributed by atoms with van der Waals surface area (Å²) in [7, 11) is 0. The number of carbonyl (C=O) groups is 2. The Hall–Kier alpha value is -2.93. The highest BCUT2D eigenvalue weighted by Gasteiger charge is 2.12. The minimum atomic E-state index is -1.04. The lowest BCUT2D eigenvalue weighted by atomic mass is 10.0. The molecule has 0 heterocycles. The summed E-state index contributed by atoms with van der Waals surface area (Å²) in [4.78, 5) is 23.3. The summed E-state index contributed by atoms with van der Waals surface area (Å²) in [6.07, 6.45) is 0. The minimum Gasteiger partial charge on any atom is -0.483 e. The number of hydrogen-bond acceptors (Lipinski definition) is 4. The van der Waals surface area contributed by atoms with Gasteiger partial charge in [-0.2, -0.15) is 0 Å². The van der Waals surface area contributed by atoms with Gasteiger partial charge in [0.05, 0.1) is 5.56 Å². The van der Waals surface area contributed by atoms with Crippen LogP contribution in [0.2, 0.25) is 0 Å². The molecule has 2 aromatic carbocycles. The Morgan fingerprint density at radius 3 is 2.50 bits per heavy atom. The zero-order chi connectivity index (χ0) is 20.8. The van der Waals surface area contributed by atoms with Gasteiger partial charge in [0.1, 0.15) is 5.75 Å². The number of benzene rings is 2. The van der Waals surface area contributed by atoms with Gasteiger partial charge in [-0.1, -0.05) is 32.0 Å². The highest BCUT2D eigenvalue weighted by Crippen LogP contribution is 2.27. The monoisotopic (exact) mass is 400 g/mol. The molecule has 0 aliphatic carbocycles. The third-order valence-electron chi connectivity index (χ3n) is 4.14. The number of ether oxygens (including phenoxy) is 1. The smallest absolute Gasteiger partial charge is 0.335 e. The molecule has 148 valence electrons. The second-order valence-electron chi connectivity index (χ2n) is 6.82. The summed E-state index contributed by atoms with van der Waals surface area (Å²) in [5, 5.41) is 14.6. The van der Waals surface area contributed by atoms with E-state index in [4.69, 9.17) is 22.1 Å². The van der Waals surface area contributed by atoms with E-state index in [0.29, 0.717) is 11.4 Å². The average Bonchev–Trinajstić information content (AvgIpc) is 2.61. The van der Waals surface area contributed by atoms with Gasteiger partial charge in [-0.3, -0.25) is 10.1 Å². The number of carboxylic acid groups (broad SMARTS) is 1. The number of hydrogen-bond donors (Lipinski definition) is 3. The molecular weight excluding hydrogens is 376 g/mol. The van der Waals surface area contributed by atoms with Crippen LogP contribution >= 0.6 is 12.2 Å². The maximum absolute atomic E-state index is 12.2. The van der Waals surface area contributed by atoms with Crippen LogP contribution in [-0.4, -0.2) is 28.7 Å². The molecule has 0 saturated heterocycles. The first-order chi connectivity index (χ1) is 13.2. The van der Waals surface area contributed by atoms with E-state index in [2.05, 4.69) is 24.5 Å². The van der Waals surface area contributed by atoms with Crippen LogP contribution in [0.25, 0.3) is 0 Å². The second-order valence-corrected chi connectivity index (χ2v) is 7.23. The molecular formula is C21H24N2O4S. The van der Waals surface area contributed by atoms with Crippen molar-refractivity contribution in [2.24, 2.45) is 0 Å². The van der Waals surface area contributed by atoms with Gasteiger partial charge in [-0.05, 0) is 66.9 Å². The van der Waals surface area contributed by atoms with Crippen LogP contribution in [0.3, 0.4) is 0 Å². The number of thiocarbonyl (C=S) groups is 1. The highest BCUT2D eigenvalue weighted by molar-refractivity contribution is 7.80. The van der Waals surface area contributed by atoms with E-state index in [1.54, 1.807) is 6.07 Å². The first-order valence-electron chi connectivity index (χ1n) is 8.85. The van der Waals surface area contributed by atoms with Crippen molar-refractivity contribution in [3.63, 3.8) is 0 Å². The largest absolute Gasteiger partial charge is 0.483 e. The van der Waals surface area contributed by atoms with Crippen LogP contribution in [0.4, 0.5) is 5.69 Å². The van der Waals surface area contributed by atoms with E-state index in [1.165, 1.54) is 12.1 Å². The molecule has 0 spiro atoms. The molecule has 2 rings (SSSR count). The lowest BCUT2D eigenvalue weighted by Gasteiger charge is -2.15. The van der Waals surface area contributed by atoms with Crippen molar-refractivity contribution < 1.29 is 19.4 Å². The molecule has 3 N–H and O–H groups in total. The molecule has 0 aromatic heterocycles. The molecule has 0 saturated carbocycles. The molecule has 6 nitrogen and oxygen atoms in total. The van der Waals surface area contributed by atoms with Gasteiger partial charge < -0.3 is 15.2 Å². The van der Waals surface area contributed by atoms with E-state index >= 15 is 0 Å². The zero-order valence-electron chi connectivity index (χ0n) is 16.3. The zero-order valence-corrected chi connectivity index (χ0v) is 17.1. The van der Waals surface area contributed by atoms with E-state index < -0.39 is 11.9 Å². The van der Waals surface area contributed by atoms with E-state index in [1.807, 2.05) is 32.0 Å². The van der Waals surface area contributed by atoms with E-state index in [0.717, 1.165) is 16.7 Å². The molecule has 0 aliphatic heterocycles. The van der Waals surface area contributed by atoms with Crippen molar-refractivity contribution in [3.05, 3.63) is 58.7 Å².